The van der Waals surface area contributed by atoms with Crippen LogP contribution in [0.25, 0.3) is 11.8 Å². The fraction of sp³-hybridized carbons (Fsp3) is 0.136. The van der Waals surface area contributed by atoms with Crippen LogP contribution in [-0.2, 0) is 4.79 Å². The number of ether oxygens (including phenoxy) is 1. The van der Waals surface area contributed by atoms with Crippen molar-refractivity contribution in [2.24, 2.45) is 0 Å². The Balaban J connectivity index is 1.63. The number of aryl methyl sites for hydroxylation is 1. The van der Waals surface area contributed by atoms with E-state index in [9.17, 15) is 9.59 Å². The number of nitrogens with zero attached hydrogens (tertiary/aromatic N) is 2. The minimum Gasteiger partial charge on any atom is -0.495 e. The quantitative estimate of drug-likeness (QED) is 0.508. The molecule has 0 aliphatic carbocycles. The maximum absolute atomic E-state index is 12.0. The number of amides is 1. The lowest BCUT2D eigenvalue weighted by molar-refractivity contribution is -0.116. The molecule has 0 spiro atoms. The number of aromatic nitrogens is 2. The smallest absolute Gasteiger partial charge is 0.244 e. The number of hydrogen-bond acceptors (Lipinski definition) is 4. The van der Waals surface area contributed by atoms with E-state index in [2.05, 4.69) is 10.3 Å². The van der Waals surface area contributed by atoms with E-state index in [0.29, 0.717) is 11.3 Å². The number of imidazole rings is 1. The third-order valence-electron chi connectivity index (χ3n) is 4.14. The van der Waals surface area contributed by atoms with E-state index >= 15 is 0 Å². The van der Waals surface area contributed by atoms with Gasteiger partial charge in [0, 0.05) is 17.8 Å². The number of carbonyl (C=O) groups excluding carboxylic acids is 2. The zero-order valence-corrected chi connectivity index (χ0v) is 15.8. The number of hydrogen-bond donors (Lipinski definition) is 1. The number of carbonyl (C=O) groups is 2. The van der Waals surface area contributed by atoms with Crippen molar-refractivity contribution < 1.29 is 14.3 Å². The highest BCUT2D eigenvalue weighted by Crippen LogP contribution is 2.25. The topological polar surface area (TPSA) is 73.2 Å². The van der Waals surface area contributed by atoms with Crippen molar-refractivity contribution in [1.29, 1.82) is 0 Å². The first-order valence-corrected chi connectivity index (χ1v) is 8.80. The Morgan fingerprint density at radius 3 is 2.64 bits per heavy atom. The van der Waals surface area contributed by atoms with Crippen molar-refractivity contribution in [3.8, 4) is 11.4 Å². The SMILES string of the molecule is COc1cc(/C=C/C(=O)NCC(=O)c2ccccc2)ccc1-n1cnc(C)c1. The number of ketones is 1. The van der Waals surface area contributed by atoms with Crippen molar-refractivity contribution in [3.63, 3.8) is 0 Å². The summed E-state index contributed by atoms with van der Waals surface area (Å²) >= 11 is 0. The summed E-state index contributed by atoms with van der Waals surface area (Å²) in [5, 5.41) is 2.60. The lowest BCUT2D eigenvalue weighted by Crippen LogP contribution is -2.27. The predicted octanol–water partition coefficient (Wildman–Crippen LogP) is 3.20. The number of Topliss-reactive ketones (excluding diaryl/α,β-unsaturated/α-hetero) is 1. The molecule has 0 radical (unpaired) electrons. The number of rotatable bonds is 7. The Labute approximate surface area is 163 Å². The van der Waals surface area contributed by atoms with Crippen LogP contribution < -0.4 is 10.1 Å². The van der Waals surface area contributed by atoms with Crippen LogP contribution in [0.15, 0.2) is 67.1 Å². The molecule has 6 heteroatoms. The molecule has 0 bridgehead atoms. The van der Waals surface area contributed by atoms with Gasteiger partial charge in [-0.1, -0.05) is 36.4 Å². The Bertz CT molecular complexity index is 1010. The first kappa shape index (κ1) is 19.1. The van der Waals surface area contributed by atoms with Crippen molar-refractivity contribution in [2.75, 3.05) is 13.7 Å². The molecule has 3 rings (SSSR count). The van der Waals surface area contributed by atoms with Gasteiger partial charge in [0.15, 0.2) is 5.78 Å². The summed E-state index contributed by atoms with van der Waals surface area (Å²) in [6, 6.07) is 14.5. The number of nitrogens with one attached hydrogen (secondary N) is 1. The molecule has 28 heavy (non-hydrogen) atoms. The van der Waals surface area contributed by atoms with E-state index in [4.69, 9.17) is 4.74 Å². The molecule has 142 valence electrons. The fourth-order valence-corrected chi connectivity index (χ4v) is 2.69. The third-order valence-corrected chi connectivity index (χ3v) is 4.14. The minimum atomic E-state index is -0.336. The van der Waals surface area contributed by atoms with Gasteiger partial charge in [0.2, 0.25) is 5.91 Å². The fourth-order valence-electron chi connectivity index (χ4n) is 2.69. The van der Waals surface area contributed by atoms with Gasteiger partial charge in [0.05, 0.1) is 31.4 Å². The lowest BCUT2D eigenvalue weighted by Gasteiger charge is -2.10. The molecule has 0 unspecified atom stereocenters. The standard InChI is InChI=1S/C22H21N3O3/c1-16-14-25(15-24-16)19-10-8-17(12-21(19)28-2)9-11-22(27)23-13-20(26)18-6-4-3-5-7-18/h3-12,14-15H,13H2,1-2H3,(H,23,27)/b11-9+. The summed E-state index contributed by atoms with van der Waals surface area (Å²) in [5.41, 5.74) is 3.15. The van der Waals surface area contributed by atoms with E-state index in [1.165, 1.54) is 6.08 Å². The summed E-state index contributed by atoms with van der Waals surface area (Å²) < 4.78 is 7.34. The molecule has 0 fully saturated rings. The van der Waals surface area contributed by atoms with E-state index in [0.717, 1.165) is 16.9 Å². The van der Waals surface area contributed by atoms with Crippen LogP contribution in [0.2, 0.25) is 0 Å². The molecule has 1 amide bonds. The van der Waals surface area contributed by atoms with E-state index in [-0.39, 0.29) is 18.2 Å². The summed E-state index contributed by atoms with van der Waals surface area (Å²) in [4.78, 5) is 28.2. The molecule has 6 nitrogen and oxygen atoms in total. The molecule has 0 aliphatic rings. The van der Waals surface area contributed by atoms with Crippen LogP contribution >= 0.6 is 0 Å². The molecule has 0 aliphatic heterocycles. The molecule has 1 N–H and O–H groups in total. The zero-order chi connectivity index (χ0) is 19.9. The maximum Gasteiger partial charge on any atom is 0.244 e. The van der Waals surface area contributed by atoms with Gasteiger partial charge in [0.1, 0.15) is 5.75 Å². The third kappa shape index (κ3) is 4.73. The second-order valence-electron chi connectivity index (χ2n) is 6.19. The van der Waals surface area contributed by atoms with Gasteiger partial charge < -0.3 is 14.6 Å². The molecule has 3 aromatic rings. The van der Waals surface area contributed by atoms with Crippen LogP contribution in [0.1, 0.15) is 21.6 Å². The van der Waals surface area contributed by atoms with Crippen LogP contribution in [-0.4, -0.2) is 34.9 Å². The summed E-state index contributed by atoms with van der Waals surface area (Å²) in [5.74, 6) is 0.195. The first-order chi connectivity index (χ1) is 13.6. The minimum absolute atomic E-state index is 0.0462. The average molecular weight is 375 g/mol. The molecular weight excluding hydrogens is 354 g/mol. The highest BCUT2D eigenvalue weighted by molar-refractivity contribution is 6.01. The molecular formula is C22H21N3O3. The molecule has 1 aromatic heterocycles. The maximum atomic E-state index is 12.0. The molecule has 1 heterocycles. The first-order valence-electron chi connectivity index (χ1n) is 8.80. The molecule has 0 saturated carbocycles. The normalized spacial score (nSPS) is 10.8. The number of benzene rings is 2. The highest BCUT2D eigenvalue weighted by Gasteiger charge is 2.08. The van der Waals surface area contributed by atoms with Crippen molar-refractivity contribution >= 4 is 17.8 Å². The van der Waals surface area contributed by atoms with Gasteiger partial charge in [-0.2, -0.15) is 0 Å². The van der Waals surface area contributed by atoms with Gasteiger partial charge in [0.25, 0.3) is 0 Å². The Morgan fingerprint density at radius 1 is 1.18 bits per heavy atom. The Hall–Kier alpha value is -3.67. The molecule has 2 aromatic carbocycles. The highest BCUT2D eigenvalue weighted by atomic mass is 16.5. The van der Waals surface area contributed by atoms with E-state index in [1.807, 2.05) is 42.0 Å². The largest absolute Gasteiger partial charge is 0.495 e. The van der Waals surface area contributed by atoms with E-state index < -0.39 is 0 Å². The van der Waals surface area contributed by atoms with Gasteiger partial charge in [-0.25, -0.2) is 4.98 Å². The second kappa shape index (κ2) is 8.81. The summed E-state index contributed by atoms with van der Waals surface area (Å²) in [7, 11) is 1.60. The summed E-state index contributed by atoms with van der Waals surface area (Å²) in [6.07, 6.45) is 6.70. The lowest BCUT2D eigenvalue weighted by atomic mass is 10.1. The Morgan fingerprint density at radius 2 is 1.96 bits per heavy atom. The van der Waals surface area contributed by atoms with Gasteiger partial charge in [-0.05, 0) is 30.7 Å². The van der Waals surface area contributed by atoms with Gasteiger partial charge in [-0.15, -0.1) is 0 Å². The van der Waals surface area contributed by atoms with Crippen LogP contribution in [0.4, 0.5) is 0 Å². The van der Waals surface area contributed by atoms with Crippen LogP contribution in [0, 0.1) is 6.92 Å². The van der Waals surface area contributed by atoms with Gasteiger partial charge in [-0.3, -0.25) is 9.59 Å². The van der Waals surface area contributed by atoms with Crippen LogP contribution in [0.5, 0.6) is 5.75 Å². The monoisotopic (exact) mass is 375 g/mol. The van der Waals surface area contributed by atoms with Crippen molar-refractivity contribution in [1.82, 2.24) is 14.9 Å². The predicted molar refractivity (Wildman–Crippen MR) is 108 cm³/mol. The summed E-state index contributed by atoms with van der Waals surface area (Å²) in [6.45, 7) is 1.87. The van der Waals surface area contributed by atoms with Crippen molar-refractivity contribution in [2.45, 2.75) is 6.92 Å². The average Bonchev–Trinajstić information content (AvgIpc) is 3.16. The van der Waals surface area contributed by atoms with Gasteiger partial charge >= 0.3 is 0 Å². The van der Waals surface area contributed by atoms with E-state index in [1.54, 1.807) is 43.8 Å². The molecule has 0 atom stereocenters. The molecule has 0 saturated heterocycles. The second-order valence-corrected chi connectivity index (χ2v) is 6.19. The van der Waals surface area contributed by atoms with Crippen LogP contribution in [0.3, 0.4) is 0 Å². The van der Waals surface area contributed by atoms with Crippen molar-refractivity contribution in [3.05, 3.63) is 84.0 Å². The zero-order valence-electron chi connectivity index (χ0n) is 15.8. The number of methoxy groups -OCH3 is 1. The Kier molecular flexibility index (Phi) is 6.01.